The molecule has 43 heavy (non-hydrogen) atoms. The van der Waals surface area contributed by atoms with Gasteiger partial charge < -0.3 is 24.2 Å². The molecule has 10 heteroatoms. The fraction of sp³-hybridized carbons (Fsp3) is 0.576. The van der Waals surface area contributed by atoms with Gasteiger partial charge >= 0.3 is 6.01 Å². The third-order valence-electron chi connectivity index (χ3n) is 9.50. The minimum Gasteiger partial charge on any atom is -0.497 e. The molecule has 6 rings (SSSR count). The predicted molar refractivity (Wildman–Crippen MR) is 166 cm³/mol. The van der Waals surface area contributed by atoms with Gasteiger partial charge in [0.15, 0.2) is 0 Å². The molecular weight excluding hydrogens is 542 g/mol. The lowest BCUT2D eigenvalue weighted by Crippen LogP contribution is -2.55. The van der Waals surface area contributed by atoms with Gasteiger partial charge in [-0.2, -0.15) is 15.2 Å². The first-order valence-electron chi connectivity index (χ1n) is 15.8. The van der Waals surface area contributed by atoms with Crippen LogP contribution in [0.25, 0.3) is 0 Å². The maximum absolute atomic E-state index is 12.5. The Hall–Kier alpha value is -3.84. The van der Waals surface area contributed by atoms with Crippen LogP contribution in [-0.2, 0) is 24.1 Å². The van der Waals surface area contributed by atoms with E-state index in [-0.39, 0.29) is 18.4 Å². The van der Waals surface area contributed by atoms with E-state index in [9.17, 15) is 10.1 Å². The molecule has 4 aliphatic rings. The molecule has 10 nitrogen and oxygen atoms in total. The zero-order valence-corrected chi connectivity index (χ0v) is 25.3. The molecule has 2 aromatic rings. The van der Waals surface area contributed by atoms with Gasteiger partial charge in [-0.3, -0.25) is 9.69 Å². The van der Waals surface area contributed by atoms with Crippen LogP contribution in [0.15, 0.2) is 30.9 Å². The molecule has 0 spiro atoms. The van der Waals surface area contributed by atoms with E-state index in [1.165, 1.54) is 35.7 Å². The molecule has 2 atom stereocenters. The smallest absolute Gasteiger partial charge is 0.318 e. The largest absolute Gasteiger partial charge is 0.497 e. The summed E-state index contributed by atoms with van der Waals surface area (Å²) in [4.78, 5) is 31.6. The number of benzene rings is 1. The van der Waals surface area contributed by atoms with Crippen molar-refractivity contribution in [2.45, 2.75) is 63.5 Å². The Balaban J connectivity index is 1.28. The van der Waals surface area contributed by atoms with E-state index >= 15 is 0 Å². The molecule has 1 aliphatic carbocycles. The highest BCUT2D eigenvalue weighted by Gasteiger charge is 2.35. The van der Waals surface area contributed by atoms with Crippen molar-refractivity contribution >= 4 is 17.4 Å². The topological polar surface area (TPSA) is 98.1 Å². The number of carbonyl (C=O) groups excluding carboxylic acids is 1. The normalized spacial score (nSPS) is 22.0. The number of aryl methyl sites for hydroxylation is 1. The number of ether oxygens (including phenoxy) is 2. The van der Waals surface area contributed by atoms with Gasteiger partial charge in [0.05, 0.1) is 31.3 Å². The molecule has 228 valence electrons. The van der Waals surface area contributed by atoms with Crippen LogP contribution in [0.3, 0.4) is 0 Å². The maximum atomic E-state index is 12.5. The van der Waals surface area contributed by atoms with E-state index < -0.39 is 0 Å². The summed E-state index contributed by atoms with van der Waals surface area (Å²) in [7, 11) is 1.73. The van der Waals surface area contributed by atoms with Crippen LogP contribution >= 0.6 is 0 Å². The van der Waals surface area contributed by atoms with Gasteiger partial charge in [-0.15, -0.1) is 0 Å². The molecular formula is C33H43N7O3. The summed E-state index contributed by atoms with van der Waals surface area (Å²) < 4.78 is 11.8. The Kier molecular flexibility index (Phi) is 8.98. The molecule has 0 bridgehead atoms. The Bertz CT molecular complexity index is 1370. The van der Waals surface area contributed by atoms with Crippen LogP contribution in [0.1, 0.15) is 48.9 Å². The number of likely N-dealkylation sites (tertiary alicyclic amines) is 1. The highest BCUT2D eigenvalue weighted by molar-refractivity contribution is 5.87. The highest BCUT2D eigenvalue weighted by Crippen LogP contribution is 2.38. The lowest BCUT2D eigenvalue weighted by Gasteiger charge is -2.43. The summed E-state index contributed by atoms with van der Waals surface area (Å²) in [6.45, 7) is 10.1. The summed E-state index contributed by atoms with van der Waals surface area (Å²) in [5.41, 5.74) is 4.87. The number of hydrogen-bond acceptors (Lipinski definition) is 9. The molecule has 1 amide bonds. The van der Waals surface area contributed by atoms with Crippen molar-refractivity contribution < 1.29 is 14.3 Å². The van der Waals surface area contributed by atoms with E-state index in [1.54, 1.807) is 12.0 Å². The third kappa shape index (κ3) is 6.28. The Morgan fingerprint density at radius 3 is 2.79 bits per heavy atom. The van der Waals surface area contributed by atoms with Gasteiger partial charge in [0.2, 0.25) is 5.91 Å². The van der Waals surface area contributed by atoms with E-state index in [2.05, 4.69) is 45.5 Å². The van der Waals surface area contributed by atoms with Gasteiger partial charge in [-0.05, 0) is 69.3 Å². The quantitative estimate of drug-likeness (QED) is 0.410. The number of methoxy groups -OCH3 is 1. The van der Waals surface area contributed by atoms with Gasteiger partial charge in [0.25, 0.3) is 0 Å². The molecule has 0 N–H and O–H groups in total. The van der Waals surface area contributed by atoms with Gasteiger partial charge in [-0.1, -0.05) is 12.6 Å². The van der Waals surface area contributed by atoms with Crippen molar-refractivity contribution in [3.05, 3.63) is 47.7 Å². The van der Waals surface area contributed by atoms with Crippen LogP contribution in [0, 0.1) is 11.3 Å². The third-order valence-corrected chi connectivity index (χ3v) is 9.50. The summed E-state index contributed by atoms with van der Waals surface area (Å²) >= 11 is 0. The first-order chi connectivity index (χ1) is 21.1. The number of anilines is 2. The predicted octanol–water partition coefficient (Wildman–Crippen LogP) is 3.39. The number of hydrogen-bond donors (Lipinski definition) is 0. The second-order valence-electron chi connectivity index (χ2n) is 12.0. The summed E-state index contributed by atoms with van der Waals surface area (Å²) in [6.07, 6.45) is 9.02. The first-order valence-corrected chi connectivity index (χ1v) is 15.8. The lowest BCUT2D eigenvalue weighted by atomic mass is 9.88. The van der Waals surface area contributed by atoms with Gasteiger partial charge in [0.1, 0.15) is 18.2 Å². The van der Waals surface area contributed by atoms with Crippen LogP contribution < -0.4 is 19.3 Å². The molecule has 1 unspecified atom stereocenters. The zero-order valence-electron chi connectivity index (χ0n) is 25.3. The second kappa shape index (κ2) is 13.2. The maximum Gasteiger partial charge on any atom is 0.318 e. The summed E-state index contributed by atoms with van der Waals surface area (Å²) in [5.74, 6) is 1.66. The lowest BCUT2D eigenvalue weighted by molar-refractivity contribution is -0.128. The molecule has 1 aromatic carbocycles. The number of nitrogens with zero attached hydrogens (tertiary/aromatic N) is 7. The van der Waals surface area contributed by atoms with Crippen molar-refractivity contribution in [2.75, 3.05) is 69.3 Å². The Morgan fingerprint density at radius 1 is 1.14 bits per heavy atom. The van der Waals surface area contributed by atoms with Crippen molar-refractivity contribution in [1.29, 1.82) is 5.26 Å². The van der Waals surface area contributed by atoms with E-state index in [1.807, 2.05) is 0 Å². The van der Waals surface area contributed by atoms with Crippen LogP contribution in [0.2, 0.25) is 0 Å². The summed E-state index contributed by atoms with van der Waals surface area (Å²) in [6, 6.07) is 9.26. The Morgan fingerprint density at radius 2 is 2.00 bits per heavy atom. The molecule has 3 aliphatic heterocycles. The average Bonchev–Trinajstić information content (AvgIpc) is 3.57. The molecule has 1 aromatic heterocycles. The van der Waals surface area contributed by atoms with E-state index in [4.69, 9.17) is 19.4 Å². The average molecular weight is 586 g/mol. The number of nitriles is 1. The Labute approximate surface area is 254 Å². The molecule has 0 saturated carbocycles. The number of rotatable bonds is 9. The van der Waals surface area contributed by atoms with E-state index in [0.29, 0.717) is 38.3 Å². The van der Waals surface area contributed by atoms with Crippen molar-refractivity contribution in [2.24, 2.45) is 0 Å². The number of amides is 1. The first kappa shape index (κ1) is 29.2. The number of piperazine rings is 1. The standard InChI is InChI=1S/C33H43N7O3/c1-3-31(41)40-18-17-38(23-26(40)12-13-34)32-28-11-9-25(39-16-6-7-24-8-10-27(42-2)22-30(24)39)21-29(28)35-33(36-32)43-20-19-37-14-4-5-15-37/h3,8,10,22,25-26H,1,4-7,9,11-12,14-21,23H2,2H3/t25?,26-/m0/s1. The van der Waals surface area contributed by atoms with Gasteiger partial charge in [0, 0.05) is 62.5 Å². The number of aromatic nitrogens is 2. The fourth-order valence-electron chi connectivity index (χ4n) is 7.24. The number of fused-ring (bicyclic) bond motifs is 2. The molecule has 2 fully saturated rings. The minimum atomic E-state index is -0.217. The van der Waals surface area contributed by atoms with Crippen molar-refractivity contribution in [1.82, 2.24) is 19.8 Å². The van der Waals surface area contributed by atoms with E-state index in [0.717, 1.165) is 75.5 Å². The monoisotopic (exact) mass is 585 g/mol. The van der Waals surface area contributed by atoms with Crippen LogP contribution in [-0.4, -0.2) is 97.3 Å². The highest BCUT2D eigenvalue weighted by atomic mass is 16.5. The van der Waals surface area contributed by atoms with Crippen molar-refractivity contribution in [3.63, 3.8) is 0 Å². The number of carbonyl (C=O) groups is 1. The fourth-order valence-corrected chi connectivity index (χ4v) is 7.24. The minimum absolute atomic E-state index is 0.128. The second-order valence-corrected chi connectivity index (χ2v) is 12.0. The summed E-state index contributed by atoms with van der Waals surface area (Å²) in [5, 5.41) is 9.53. The van der Waals surface area contributed by atoms with Gasteiger partial charge in [-0.25, -0.2) is 0 Å². The SMILES string of the molecule is C=CC(=O)N1CCN(c2nc(OCCN3CCCC3)nc3c2CCC(N2CCCc4ccc(OC)cc42)C3)C[C@@H]1CC#N. The zero-order chi connectivity index (χ0) is 29.8. The van der Waals surface area contributed by atoms with Crippen molar-refractivity contribution in [3.8, 4) is 17.8 Å². The molecule has 4 heterocycles. The molecule has 2 saturated heterocycles. The van der Waals surface area contributed by atoms with Crippen LogP contribution in [0.4, 0.5) is 11.5 Å². The van der Waals surface area contributed by atoms with Crippen LogP contribution in [0.5, 0.6) is 11.8 Å². The molecule has 0 radical (unpaired) electrons.